The molecule has 0 radical (unpaired) electrons. The number of alkyl halides is 3. The van der Waals surface area contributed by atoms with Crippen LogP contribution in [-0.4, -0.2) is 34.2 Å². The smallest absolute Gasteiger partial charge is 0.335 e. The first-order chi connectivity index (χ1) is 9.71. The van der Waals surface area contributed by atoms with Gasteiger partial charge < -0.3 is 4.90 Å². The molecule has 4 nitrogen and oxygen atoms in total. The molecule has 1 aromatic heterocycles. The number of aromatic nitrogens is 1. The van der Waals surface area contributed by atoms with E-state index in [0.717, 1.165) is 12.3 Å². The molecule has 0 aliphatic carbocycles. The minimum atomic E-state index is -4.97. The van der Waals surface area contributed by atoms with E-state index < -0.39 is 35.2 Å². The highest BCUT2D eigenvalue weighted by Crippen LogP contribution is 2.31. The fourth-order valence-electron chi connectivity index (χ4n) is 2.27. The van der Waals surface area contributed by atoms with Crippen molar-refractivity contribution in [3.8, 4) is 0 Å². The standard InChI is InChI=1S/C13H12F4N2O2/c1-7-6-8(20)3-5-19(7)12(21)9-2-4-18-11(10(9)14)13(15,16)17/h2,4,7H,3,5-6H2,1H3. The molecule has 0 spiro atoms. The Morgan fingerprint density at radius 1 is 1.43 bits per heavy atom. The lowest BCUT2D eigenvalue weighted by molar-refractivity contribution is -0.143. The van der Waals surface area contributed by atoms with Gasteiger partial charge in [-0.1, -0.05) is 0 Å². The Labute approximate surface area is 117 Å². The van der Waals surface area contributed by atoms with Crippen molar-refractivity contribution in [1.29, 1.82) is 0 Å². The molecule has 2 rings (SSSR count). The van der Waals surface area contributed by atoms with Gasteiger partial charge in [0, 0.05) is 31.6 Å². The maximum atomic E-state index is 13.9. The Morgan fingerprint density at radius 2 is 2.10 bits per heavy atom. The molecule has 2 heterocycles. The van der Waals surface area contributed by atoms with Crippen molar-refractivity contribution in [1.82, 2.24) is 9.88 Å². The number of pyridine rings is 1. The second kappa shape index (κ2) is 5.42. The van der Waals surface area contributed by atoms with Crippen molar-refractivity contribution in [2.45, 2.75) is 32.0 Å². The predicted octanol–water partition coefficient (Wildman–Crippen LogP) is 2.43. The first kappa shape index (κ1) is 15.4. The molecule has 1 saturated heterocycles. The molecule has 1 fully saturated rings. The van der Waals surface area contributed by atoms with Gasteiger partial charge in [-0.3, -0.25) is 9.59 Å². The molecule has 1 aromatic rings. The first-order valence-corrected chi connectivity index (χ1v) is 6.26. The number of piperidine rings is 1. The number of Topliss-reactive ketones (excluding diaryl/α,β-unsaturated/α-hetero) is 1. The Kier molecular flexibility index (Phi) is 3.97. The van der Waals surface area contributed by atoms with Crippen LogP contribution in [0.4, 0.5) is 17.6 Å². The molecular formula is C13H12F4N2O2. The highest BCUT2D eigenvalue weighted by atomic mass is 19.4. The number of amides is 1. The summed E-state index contributed by atoms with van der Waals surface area (Å²) in [6, 6.07) is 0.441. The maximum Gasteiger partial charge on any atom is 0.436 e. The average Bonchev–Trinajstić information content (AvgIpc) is 2.37. The number of nitrogens with zero attached hydrogens (tertiary/aromatic N) is 2. The van der Waals surface area contributed by atoms with Gasteiger partial charge in [0.1, 0.15) is 5.78 Å². The van der Waals surface area contributed by atoms with Crippen molar-refractivity contribution in [3.63, 3.8) is 0 Å². The molecule has 21 heavy (non-hydrogen) atoms. The van der Waals surface area contributed by atoms with Crippen LogP contribution < -0.4 is 0 Å². The van der Waals surface area contributed by atoms with E-state index in [2.05, 4.69) is 4.98 Å². The summed E-state index contributed by atoms with van der Waals surface area (Å²) in [4.78, 5) is 27.6. The number of halogens is 4. The number of rotatable bonds is 1. The van der Waals surface area contributed by atoms with E-state index in [0.29, 0.717) is 0 Å². The maximum absolute atomic E-state index is 13.9. The largest absolute Gasteiger partial charge is 0.436 e. The molecule has 1 aliphatic heterocycles. The SMILES string of the molecule is CC1CC(=O)CCN1C(=O)c1ccnc(C(F)(F)F)c1F. The zero-order chi connectivity index (χ0) is 15.8. The van der Waals surface area contributed by atoms with Crippen LogP contribution in [0.25, 0.3) is 0 Å². The minimum absolute atomic E-state index is 0.0299. The molecule has 1 amide bonds. The summed E-state index contributed by atoms with van der Waals surface area (Å²) in [5.41, 5.74) is -2.40. The van der Waals surface area contributed by atoms with Gasteiger partial charge >= 0.3 is 6.18 Å². The van der Waals surface area contributed by atoms with Crippen LogP contribution in [0.5, 0.6) is 0 Å². The van der Waals surface area contributed by atoms with Gasteiger partial charge in [0.15, 0.2) is 11.5 Å². The molecule has 1 unspecified atom stereocenters. The second-order valence-electron chi connectivity index (χ2n) is 4.86. The lowest BCUT2D eigenvalue weighted by atomic mass is 10.0. The number of hydrogen-bond donors (Lipinski definition) is 0. The van der Waals surface area contributed by atoms with Gasteiger partial charge in [0.2, 0.25) is 0 Å². The van der Waals surface area contributed by atoms with Crippen molar-refractivity contribution < 1.29 is 27.2 Å². The van der Waals surface area contributed by atoms with E-state index in [4.69, 9.17) is 0 Å². The Morgan fingerprint density at radius 3 is 2.67 bits per heavy atom. The van der Waals surface area contributed by atoms with Gasteiger partial charge in [-0.15, -0.1) is 0 Å². The topological polar surface area (TPSA) is 50.3 Å². The molecule has 114 valence electrons. The first-order valence-electron chi connectivity index (χ1n) is 6.26. The highest BCUT2D eigenvalue weighted by Gasteiger charge is 2.39. The molecule has 0 aromatic carbocycles. The molecule has 1 aliphatic rings. The summed E-state index contributed by atoms with van der Waals surface area (Å²) in [5.74, 6) is -2.57. The zero-order valence-corrected chi connectivity index (χ0v) is 11.1. The monoisotopic (exact) mass is 304 g/mol. The Bertz CT molecular complexity index is 586. The van der Waals surface area contributed by atoms with E-state index in [1.807, 2.05) is 0 Å². The number of likely N-dealkylation sites (tertiary alicyclic amines) is 1. The summed E-state index contributed by atoms with van der Waals surface area (Å²) in [5, 5.41) is 0. The highest BCUT2D eigenvalue weighted by molar-refractivity contribution is 5.96. The third-order valence-corrected chi connectivity index (χ3v) is 3.34. The van der Waals surface area contributed by atoms with Crippen LogP contribution in [0.2, 0.25) is 0 Å². The van der Waals surface area contributed by atoms with E-state index in [1.165, 1.54) is 4.90 Å². The Hall–Kier alpha value is -1.99. The molecule has 8 heteroatoms. The number of carbonyl (C=O) groups excluding carboxylic acids is 2. The van der Waals surface area contributed by atoms with Gasteiger partial charge in [0.25, 0.3) is 5.91 Å². The lowest BCUT2D eigenvalue weighted by Gasteiger charge is -2.32. The summed E-state index contributed by atoms with van der Waals surface area (Å²) in [6.45, 7) is 1.67. The number of carbonyl (C=O) groups is 2. The van der Waals surface area contributed by atoms with Crippen molar-refractivity contribution in [2.24, 2.45) is 0 Å². The van der Waals surface area contributed by atoms with E-state index in [1.54, 1.807) is 6.92 Å². The molecule has 1 atom stereocenters. The van der Waals surface area contributed by atoms with Crippen molar-refractivity contribution in [2.75, 3.05) is 6.54 Å². The van der Waals surface area contributed by atoms with E-state index in [9.17, 15) is 27.2 Å². The van der Waals surface area contributed by atoms with Crippen molar-refractivity contribution in [3.05, 3.63) is 29.3 Å². The molecule has 0 bridgehead atoms. The second-order valence-corrected chi connectivity index (χ2v) is 4.86. The quantitative estimate of drug-likeness (QED) is 0.749. The third kappa shape index (κ3) is 3.03. The average molecular weight is 304 g/mol. The molecular weight excluding hydrogens is 292 g/mol. The van der Waals surface area contributed by atoms with Gasteiger partial charge in [-0.25, -0.2) is 9.37 Å². The molecule has 0 saturated carbocycles. The normalized spacial score (nSPS) is 19.8. The van der Waals surface area contributed by atoms with Crippen LogP contribution in [0.3, 0.4) is 0 Å². The minimum Gasteiger partial charge on any atom is -0.335 e. The predicted molar refractivity (Wildman–Crippen MR) is 63.9 cm³/mol. The Balaban J connectivity index is 2.34. The lowest BCUT2D eigenvalue weighted by Crippen LogP contribution is -2.45. The van der Waals surface area contributed by atoms with Crippen LogP contribution >= 0.6 is 0 Å². The number of ketones is 1. The van der Waals surface area contributed by atoms with E-state index >= 15 is 0 Å². The zero-order valence-electron chi connectivity index (χ0n) is 11.1. The summed E-state index contributed by atoms with van der Waals surface area (Å²) in [7, 11) is 0. The van der Waals surface area contributed by atoms with Crippen LogP contribution in [0, 0.1) is 5.82 Å². The third-order valence-electron chi connectivity index (χ3n) is 3.34. The van der Waals surface area contributed by atoms with Crippen LogP contribution in [0.15, 0.2) is 12.3 Å². The summed E-state index contributed by atoms with van der Waals surface area (Å²) in [6.07, 6.45) is -3.98. The van der Waals surface area contributed by atoms with Crippen molar-refractivity contribution >= 4 is 11.7 Å². The van der Waals surface area contributed by atoms with Gasteiger partial charge in [-0.2, -0.15) is 13.2 Å². The van der Waals surface area contributed by atoms with Gasteiger partial charge in [-0.05, 0) is 13.0 Å². The van der Waals surface area contributed by atoms with E-state index in [-0.39, 0.29) is 25.2 Å². The summed E-state index contributed by atoms with van der Waals surface area (Å²) >= 11 is 0. The fraction of sp³-hybridized carbons (Fsp3) is 0.462. The van der Waals surface area contributed by atoms with Crippen LogP contribution in [-0.2, 0) is 11.0 Å². The van der Waals surface area contributed by atoms with Gasteiger partial charge in [0.05, 0.1) is 5.56 Å². The fourth-order valence-corrected chi connectivity index (χ4v) is 2.27. The van der Waals surface area contributed by atoms with Crippen LogP contribution in [0.1, 0.15) is 35.8 Å². The number of hydrogen-bond acceptors (Lipinski definition) is 3. The molecule has 0 N–H and O–H groups in total. The summed E-state index contributed by atoms with van der Waals surface area (Å²) < 4.78 is 51.7.